The average Bonchev–Trinajstić information content (AvgIpc) is 3.41. The molecule has 35 heavy (non-hydrogen) atoms. The summed E-state index contributed by atoms with van der Waals surface area (Å²) in [5.41, 5.74) is 0.790. The Morgan fingerprint density at radius 1 is 1.23 bits per heavy atom. The molecule has 2 atom stereocenters. The van der Waals surface area contributed by atoms with E-state index in [0.29, 0.717) is 22.6 Å². The van der Waals surface area contributed by atoms with Crippen molar-refractivity contribution >= 4 is 39.8 Å². The SMILES string of the molecule is CN(c1ncnc2sc(CC(F)(F)F)cc12)[C@@H]1CC[C@H](NCc2ccc(OCCO)c(F)c2)C1.Cl. The Balaban J connectivity index is 0.00000342. The third-order valence-corrected chi connectivity index (χ3v) is 7.00. The van der Waals surface area contributed by atoms with Crippen molar-refractivity contribution in [2.45, 2.75) is 50.5 Å². The van der Waals surface area contributed by atoms with Crippen molar-refractivity contribution in [2.24, 2.45) is 0 Å². The van der Waals surface area contributed by atoms with Crippen molar-refractivity contribution in [1.82, 2.24) is 15.3 Å². The van der Waals surface area contributed by atoms with Gasteiger partial charge in [-0.25, -0.2) is 14.4 Å². The average molecular weight is 535 g/mol. The molecule has 1 fully saturated rings. The van der Waals surface area contributed by atoms with E-state index in [4.69, 9.17) is 9.84 Å². The van der Waals surface area contributed by atoms with E-state index >= 15 is 0 Å². The van der Waals surface area contributed by atoms with E-state index in [1.807, 2.05) is 11.9 Å². The molecular formula is C23H27ClF4N4O2S. The fourth-order valence-corrected chi connectivity index (χ4v) is 5.34. The molecule has 0 bridgehead atoms. The van der Waals surface area contributed by atoms with Gasteiger partial charge < -0.3 is 20.1 Å². The van der Waals surface area contributed by atoms with Gasteiger partial charge in [0.05, 0.1) is 18.4 Å². The van der Waals surface area contributed by atoms with Gasteiger partial charge in [-0.15, -0.1) is 23.7 Å². The summed E-state index contributed by atoms with van der Waals surface area (Å²) < 4.78 is 57.7. The number of alkyl halides is 3. The molecule has 6 nitrogen and oxygen atoms in total. The molecule has 2 aromatic heterocycles. The van der Waals surface area contributed by atoms with Crippen LogP contribution in [-0.4, -0.2) is 53.6 Å². The van der Waals surface area contributed by atoms with Crippen LogP contribution in [0.25, 0.3) is 10.2 Å². The van der Waals surface area contributed by atoms with Crippen LogP contribution in [-0.2, 0) is 13.0 Å². The van der Waals surface area contributed by atoms with Crippen LogP contribution in [0.2, 0.25) is 0 Å². The van der Waals surface area contributed by atoms with E-state index in [1.165, 1.54) is 12.4 Å². The third kappa shape index (κ3) is 6.93. The van der Waals surface area contributed by atoms with E-state index in [0.717, 1.165) is 36.2 Å². The molecule has 2 heterocycles. The fourth-order valence-electron chi connectivity index (χ4n) is 4.32. The van der Waals surface area contributed by atoms with Crippen LogP contribution >= 0.6 is 23.7 Å². The second kappa shape index (κ2) is 11.7. The number of anilines is 1. The minimum Gasteiger partial charge on any atom is -0.488 e. The smallest absolute Gasteiger partial charge is 0.393 e. The van der Waals surface area contributed by atoms with Crippen molar-refractivity contribution in [3.05, 3.63) is 46.9 Å². The first-order valence-electron chi connectivity index (χ1n) is 11.0. The van der Waals surface area contributed by atoms with E-state index in [2.05, 4.69) is 15.3 Å². The number of hydrogen-bond donors (Lipinski definition) is 2. The number of halogens is 5. The summed E-state index contributed by atoms with van der Waals surface area (Å²) in [5, 5.41) is 12.9. The standard InChI is InChI=1S/C23H26F4N4O2S.ClH/c1-31(21-18-10-17(11-23(25,26)27)34-22(18)30-13-29-21)16-4-3-15(9-16)28-12-14-2-5-20(19(24)8-14)33-7-6-32;/h2,5,8,10,13,15-16,28,32H,3-4,6-7,9,11-12H2,1H3;1H/t15-,16+;/m0./s1. The largest absolute Gasteiger partial charge is 0.488 e. The number of rotatable bonds is 9. The third-order valence-electron chi connectivity index (χ3n) is 5.96. The van der Waals surface area contributed by atoms with Gasteiger partial charge in [0, 0.05) is 30.6 Å². The van der Waals surface area contributed by atoms with Crippen molar-refractivity contribution in [2.75, 3.05) is 25.2 Å². The number of nitrogens with zero attached hydrogens (tertiary/aromatic N) is 3. The Kier molecular flexibility index (Phi) is 9.14. The highest BCUT2D eigenvalue weighted by Crippen LogP contribution is 2.35. The van der Waals surface area contributed by atoms with Gasteiger partial charge in [0.2, 0.25) is 0 Å². The molecule has 2 N–H and O–H groups in total. The number of aliphatic hydroxyl groups excluding tert-OH is 1. The fraction of sp³-hybridized carbons (Fsp3) is 0.478. The molecule has 0 amide bonds. The molecule has 3 aromatic rings. The molecule has 4 rings (SSSR count). The Morgan fingerprint density at radius 3 is 2.74 bits per heavy atom. The number of benzene rings is 1. The van der Waals surface area contributed by atoms with Gasteiger partial charge in [0.15, 0.2) is 11.6 Å². The van der Waals surface area contributed by atoms with Gasteiger partial charge in [-0.2, -0.15) is 13.2 Å². The van der Waals surface area contributed by atoms with Gasteiger partial charge in [-0.05, 0) is 43.0 Å². The summed E-state index contributed by atoms with van der Waals surface area (Å²) in [6, 6.07) is 6.71. The monoisotopic (exact) mass is 534 g/mol. The summed E-state index contributed by atoms with van der Waals surface area (Å²) in [7, 11) is 1.91. The van der Waals surface area contributed by atoms with Gasteiger partial charge >= 0.3 is 6.18 Å². The van der Waals surface area contributed by atoms with Crippen LogP contribution in [0.3, 0.4) is 0 Å². The van der Waals surface area contributed by atoms with Gasteiger partial charge in [-0.3, -0.25) is 0 Å². The summed E-state index contributed by atoms with van der Waals surface area (Å²) in [6.07, 6.45) is -1.17. The molecular weight excluding hydrogens is 508 g/mol. The lowest BCUT2D eigenvalue weighted by Crippen LogP contribution is -2.33. The van der Waals surface area contributed by atoms with Gasteiger partial charge in [0.25, 0.3) is 0 Å². The number of fused-ring (bicyclic) bond motifs is 1. The van der Waals surface area contributed by atoms with Crippen LogP contribution in [0, 0.1) is 5.82 Å². The summed E-state index contributed by atoms with van der Waals surface area (Å²) in [4.78, 5) is 11.3. The second-order valence-corrected chi connectivity index (χ2v) is 9.53. The Hall–Kier alpha value is -2.21. The number of ether oxygens (including phenoxy) is 1. The molecule has 12 heteroatoms. The Morgan fingerprint density at radius 2 is 2.03 bits per heavy atom. The minimum absolute atomic E-state index is 0. The number of aromatic nitrogens is 2. The highest BCUT2D eigenvalue weighted by molar-refractivity contribution is 7.18. The normalized spacial score (nSPS) is 18.0. The van der Waals surface area contributed by atoms with Crippen molar-refractivity contribution < 1.29 is 27.4 Å². The van der Waals surface area contributed by atoms with E-state index in [-0.39, 0.29) is 48.3 Å². The molecule has 0 unspecified atom stereocenters. The minimum atomic E-state index is -4.26. The van der Waals surface area contributed by atoms with Crippen LogP contribution in [0.1, 0.15) is 29.7 Å². The zero-order valence-electron chi connectivity index (χ0n) is 19.0. The van der Waals surface area contributed by atoms with Crippen LogP contribution in [0.4, 0.5) is 23.4 Å². The molecule has 0 radical (unpaired) electrons. The van der Waals surface area contributed by atoms with Crippen molar-refractivity contribution in [3.63, 3.8) is 0 Å². The highest BCUT2D eigenvalue weighted by atomic mass is 35.5. The topological polar surface area (TPSA) is 70.5 Å². The molecule has 1 saturated carbocycles. The molecule has 192 valence electrons. The van der Waals surface area contributed by atoms with E-state index < -0.39 is 18.4 Å². The first-order chi connectivity index (χ1) is 16.2. The van der Waals surface area contributed by atoms with E-state index in [1.54, 1.807) is 18.2 Å². The summed E-state index contributed by atoms with van der Waals surface area (Å²) >= 11 is 1.05. The number of hydrogen-bond acceptors (Lipinski definition) is 7. The van der Waals surface area contributed by atoms with Crippen molar-refractivity contribution in [1.29, 1.82) is 0 Å². The second-order valence-electron chi connectivity index (χ2n) is 8.41. The summed E-state index contributed by atoms with van der Waals surface area (Å²) in [6.45, 7) is 0.363. The Bertz CT molecular complexity index is 1130. The molecule has 1 aliphatic rings. The Labute approximate surface area is 210 Å². The van der Waals surface area contributed by atoms with Gasteiger partial charge in [-0.1, -0.05) is 6.07 Å². The van der Waals surface area contributed by atoms with E-state index in [9.17, 15) is 17.6 Å². The molecule has 1 aliphatic carbocycles. The van der Waals surface area contributed by atoms with Crippen LogP contribution < -0.4 is 15.0 Å². The number of aliphatic hydroxyl groups is 1. The first kappa shape index (κ1) is 27.4. The quantitative estimate of drug-likeness (QED) is 0.382. The predicted molar refractivity (Wildman–Crippen MR) is 130 cm³/mol. The molecule has 0 aliphatic heterocycles. The molecule has 0 saturated heterocycles. The van der Waals surface area contributed by atoms with Gasteiger partial charge in [0.1, 0.15) is 23.6 Å². The number of nitrogens with one attached hydrogen (secondary N) is 1. The van der Waals surface area contributed by atoms with Crippen molar-refractivity contribution in [3.8, 4) is 5.75 Å². The summed E-state index contributed by atoms with van der Waals surface area (Å²) in [5.74, 6) is 0.287. The molecule has 0 spiro atoms. The zero-order chi connectivity index (χ0) is 24.3. The predicted octanol–water partition coefficient (Wildman–Crippen LogP) is 4.88. The zero-order valence-corrected chi connectivity index (χ0v) is 20.6. The lowest BCUT2D eigenvalue weighted by molar-refractivity contribution is -0.126. The first-order valence-corrected chi connectivity index (χ1v) is 11.8. The molecule has 1 aromatic carbocycles. The van der Waals surface area contributed by atoms with Crippen LogP contribution in [0.15, 0.2) is 30.6 Å². The maximum absolute atomic E-state index is 14.1. The highest BCUT2D eigenvalue weighted by Gasteiger charge is 2.31. The number of thiophene rings is 1. The van der Waals surface area contributed by atoms with Crippen LogP contribution in [0.5, 0.6) is 5.75 Å². The lowest BCUT2D eigenvalue weighted by Gasteiger charge is -2.26. The maximum Gasteiger partial charge on any atom is 0.393 e. The lowest BCUT2D eigenvalue weighted by atomic mass is 10.1. The maximum atomic E-state index is 14.1.